The van der Waals surface area contributed by atoms with Gasteiger partial charge in [0.15, 0.2) is 0 Å². The number of fused-ring (bicyclic) bond motifs is 1. The fourth-order valence-corrected chi connectivity index (χ4v) is 2.77. The summed E-state index contributed by atoms with van der Waals surface area (Å²) in [4.78, 5) is 0. The Hall–Kier alpha value is -2.26. The molecule has 0 saturated heterocycles. The molecule has 120 valence electrons. The number of phenolic OH excluding ortho intramolecular Hbond substituents is 1. The van der Waals surface area contributed by atoms with Gasteiger partial charge in [-0.05, 0) is 43.0 Å². The van der Waals surface area contributed by atoms with Crippen molar-refractivity contribution in [3.05, 3.63) is 65.2 Å². The lowest BCUT2D eigenvalue weighted by Gasteiger charge is -2.24. The Morgan fingerprint density at radius 2 is 1.96 bits per heavy atom. The van der Waals surface area contributed by atoms with Gasteiger partial charge in [-0.2, -0.15) is 0 Å². The van der Waals surface area contributed by atoms with Crippen LogP contribution in [0.2, 0.25) is 0 Å². The highest BCUT2D eigenvalue weighted by Gasteiger charge is 2.35. The topological polar surface area (TPSA) is 49.7 Å². The molecule has 0 aromatic heterocycles. The quantitative estimate of drug-likeness (QED) is 0.905. The Kier molecular flexibility index (Phi) is 4.14. The molecule has 1 heterocycles. The third-order valence-corrected chi connectivity index (χ3v) is 4.17. The first-order valence-corrected chi connectivity index (χ1v) is 7.89. The summed E-state index contributed by atoms with van der Waals surface area (Å²) in [7, 11) is 0. The molecule has 3 heteroatoms. The predicted octanol–water partition coefficient (Wildman–Crippen LogP) is 3.72. The average molecular weight is 310 g/mol. The number of allylic oxidation sites excluding steroid dienone is 1. The molecule has 0 saturated carbocycles. The highest BCUT2D eigenvalue weighted by molar-refractivity contribution is 5.52. The molecule has 2 N–H and O–H groups in total. The molecule has 1 unspecified atom stereocenters. The van der Waals surface area contributed by atoms with E-state index in [0.717, 1.165) is 16.7 Å². The van der Waals surface area contributed by atoms with Crippen LogP contribution < -0.4 is 4.74 Å². The van der Waals surface area contributed by atoms with Crippen molar-refractivity contribution in [1.82, 2.24) is 0 Å². The van der Waals surface area contributed by atoms with Gasteiger partial charge in [0.05, 0.1) is 5.60 Å². The molecule has 0 fully saturated rings. The van der Waals surface area contributed by atoms with Gasteiger partial charge in [0.2, 0.25) is 0 Å². The molecular formula is C20H22O3. The molecule has 23 heavy (non-hydrogen) atoms. The molecule has 1 aliphatic rings. The molecule has 1 aliphatic heterocycles. The largest absolute Gasteiger partial charge is 0.508 e. The second-order valence-electron chi connectivity index (χ2n) is 6.57. The number of benzene rings is 2. The maximum Gasteiger partial charge on any atom is 0.131 e. The zero-order chi connectivity index (χ0) is 16.4. The van der Waals surface area contributed by atoms with Crippen LogP contribution in [-0.2, 0) is 12.8 Å². The molecule has 2 aromatic carbocycles. The molecule has 0 amide bonds. The van der Waals surface area contributed by atoms with Crippen LogP contribution in [0.15, 0.2) is 48.5 Å². The number of aromatic hydroxyl groups is 1. The third kappa shape index (κ3) is 3.57. The van der Waals surface area contributed by atoms with Crippen molar-refractivity contribution >= 4 is 6.08 Å². The van der Waals surface area contributed by atoms with Crippen molar-refractivity contribution < 1.29 is 14.9 Å². The Balaban J connectivity index is 1.75. The Morgan fingerprint density at radius 1 is 1.22 bits per heavy atom. The zero-order valence-electron chi connectivity index (χ0n) is 13.5. The highest BCUT2D eigenvalue weighted by atomic mass is 16.5. The Labute approximate surface area is 136 Å². The molecule has 0 aliphatic carbocycles. The first-order chi connectivity index (χ1) is 10.9. The lowest BCUT2D eigenvalue weighted by Crippen LogP contribution is -2.39. The maximum absolute atomic E-state index is 10.2. The number of rotatable bonds is 4. The van der Waals surface area contributed by atoms with Crippen LogP contribution in [0.4, 0.5) is 0 Å². The summed E-state index contributed by atoms with van der Waals surface area (Å²) in [5.41, 5.74) is 2.15. The van der Waals surface area contributed by atoms with Gasteiger partial charge in [0, 0.05) is 12.5 Å². The summed E-state index contributed by atoms with van der Waals surface area (Å²) < 4.78 is 5.75. The van der Waals surface area contributed by atoms with Gasteiger partial charge in [-0.1, -0.05) is 42.5 Å². The minimum absolute atomic E-state index is 0.234. The van der Waals surface area contributed by atoms with Gasteiger partial charge < -0.3 is 14.9 Å². The van der Waals surface area contributed by atoms with Crippen molar-refractivity contribution in [3.8, 4) is 11.5 Å². The lowest BCUT2D eigenvalue weighted by atomic mass is 9.96. The monoisotopic (exact) mass is 310 g/mol. The van der Waals surface area contributed by atoms with E-state index < -0.39 is 5.60 Å². The fraction of sp³-hybridized carbons (Fsp3) is 0.300. The number of hydrogen-bond donors (Lipinski definition) is 2. The van der Waals surface area contributed by atoms with Gasteiger partial charge >= 0.3 is 0 Å². The number of ether oxygens (including phenoxy) is 1. The smallest absolute Gasteiger partial charge is 0.131 e. The fourth-order valence-electron chi connectivity index (χ4n) is 2.77. The van der Waals surface area contributed by atoms with Crippen molar-refractivity contribution in [2.24, 2.45) is 0 Å². The van der Waals surface area contributed by atoms with E-state index in [1.54, 1.807) is 19.9 Å². The van der Waals surface area contributed by atoms with E-state index in [9.17, 15) is 10.2 Å². The zero-order valence-corrected chi connectivity index (χ0v) is 13.5. The van der Waals surface area contributed by atoms with E-state index in [4.69, 9.17) is 4.74 Å². The van der Waals surface area contributed by atoms with Crippen molar-refractivity contribution in [3.63, 3.8) is 0 Å². The van der Waals surface area contributed by atoms with Crippen LogP contribution in [0.1, 0.15) is 30.5 Å². The number of hydrogen-bond acceptors (Lipinski definition) is 3. The lowest BCUT2D eigenvalue weighted by molar-refractivity contribution is -0.0230. The average Bonchev–Trinajstić information content (AvgIpc) is 2.91. The van der Waals surface area contributed by atoms with E-state index in [1.165, 1.54) is 0 Å². The van der Waals surface area contributed by atoms with Gasteiger partial charge in [-0.25, -0.2) is 0 Å². The van der Waals surface area contributed by atoms with Gasteiger partial charge in [0.1, 0.15) is 17.6 Å². The maximum atomic E-state index is 10.2. The van der Waals surface area contributed by atoms with E-state index >= 15 is 0 Å². The van der Waals surface area contributed by atoms with Gasteiger partial charge in [0.25, 0.3) is 0 Å². The minimum atomic E-state index is -0.901. The summed E-state index contributed by atoms with van der Waals surface area (Å²) in [6.07, 6.45) is 5.13. The van der Waals surface area contributed by atoms with Crippen LogP contribution >= 0.6 is 0 Å². The van der Waals surface area contributed by atoms with E-state index in [-0.39, 0.29) is 11.9 Å². The Bertz CT molecular complexity index is 712. The summed E-state index contributed by atoms with van der Waals surface area (Å²) in [5, 5.41) is 20.3. The van der Waals surface area contributed by atoms with Crippen LogP contribution in [0.5, 0.6) is 11.5 Å². The molecule has 1 atom stereocenters. The summed E-state index contributed by atoms with van der Waals surface area (Å²) in [6.45, 7) is 3.49. The number of phenols is 1. The van der Waals surface area contributed by atoms with Crippen LogP contribution in [0, 0.1) is 0 Å². The molecule has 0 radical (unpaired) electrons. The standard InChI is InChI=1S/C20H22O3/c1-20(2,22)19-12-16-11-15(17(21)13-18(16)23-19)10-6-9-14-7-4-3-5-8-14/h3-9,11,13,19,21-22H,10,12H2,1-2H3/b9-6+. The summed E-state index contributed by atoms with van der Waals surface area (Å²) in [5.74, 6) is 0.906. The van der Waals surface area contributed by atoms with Crippen LogP contribution in [-0.4, -0.2) is 21.9 Å². The number of aliphatic hydroxyl groups is 1. The summed E-state index contributed by atoms with van der Waals surface area (Å²) in [6, 6.07) is 13.7. The van der Waals surface area contributed by atoms with Gasteiger partial charge in [-0.3, -0.25) is 0 Å². The molecule has 2 aromatic rings. The molecule has 3 rings (SSSR count). The highest BCUT2D eigenvalue weighted by Crippen LogP contribution is 2.37. The molecule has 0 bridgehead atoms. The van der Waals surface area contributed by atoms with Crippen LogP contribution in [0.3, 0.4) is 0 Å². The summed E-state index contributed by atoms with van der Waals surface area (Å²) >= 11 is 0. The van der Waals surface area contributed by atoms with Crippen molar-refractivity contribution in [2.45, 2.75) is 38.4 Å². The normalized spacial score (nSPS) is 17.3. The van der Waals surface area contributed by atoms with Crippen molar-refractivity contribution in [1.29, 1.82) is 0 Å². The van der Waals surface area contributed by atoms with Gasteiger partial charge in [-0.15, -0.1) is 0 Å². The SMILES string of the molecule is CC(C)(O)C1Cc2cc(C/C=C/c3ccccc3)c(O)cc2O1. The van der Waals surface area contributed by atoms with E-state index in [2.05, 4.69) is 0 Å². The van der Waals surface area contributed by atoms with Crippen molar-refractivity contribution in [2.75, 3.05) is 0 Å². The Morgan fingerprint density at radius 3 is 2.65 bits per heavy atom. The van der Waals surface area contributed by atoms with E-state index in [0.29, 0.717) is 18.6 Å². The third-order valence-electron chi connectivity index (χ3n) is 4.17. The second-order valence-corrected chi connectivity index (χ2v) is 6.57. The van der Waals surface area contributed by atoms with E-state index in [1.807, 2.05) is 48.6 Å². The minimum Gasteiger partial charge on any atom is -0.508 e. The second kappa shape index (κ2) is 6.09. The first-order valence-electron chi connectivity index (χ1n) is 7.89. The predicted molar refractivity (Wildman–Crippen MR) is 91.7 cm³/mol. The molecule has 3 nitrogen and oxygen atoms in total. The van der Waals surface area contributed by atoms with Crippen LogP contribution in [0.25, 0.3) is 6.08 Å². The molecule has 0 spiro atoms. The molecular weight excluding hydrogens is 288 g/mol. The first kappa shape index (κ1) is 15.6.